The molecule has 0 atom stereocenters. The van der Waals surface area contributed by atoms with Gasteiger partial charge in [0.05, 0.1) is 6.61 Å². The van der Waals surface area contributed by atoms with E-state index in [0.717, 1.165) is 0 Å². The van der Waals surface area contributed by atoms with Crippen LogP contribution in [0.3, 0.4) is 0 Å². The minimum atomic E-state index is -0.547. The summed E-state index contributed by atoms with van der Waals surface area (Å²) in [6.07, 6.45) is -0.547. The van der Waals surface area contributed by atoms with Crippen molar-refractivity contribution in [3.05, 3.63) is 34.3 Å². The zero-order valence-corrected chi connectivity index (χ0v) is 12.2. The Balaban J connectivity index is 1.86. The molecule has 1 heterocycles. The van der Waals surface area contributed by atoms with Gasteiger partial charge in [-0.3, -0.25) is 5.32 Å². The number of amides is 1. The number of benzene rings is 1. The zero-order valence-electron chi connectivity index (χ0n) is 10.6. The minimum absolute atomic E-state index is 0.268. The largest absolute Gasteiger partial charge is 0.486 e. The molecule has 0 aliphatic rings. The number of rotatable bonds is 5. The van der Waals surface area contributed by atoms with E-state index in [1.807, 2.05) is 0 Å². The Morgan fingerprint density at radius 3 is 2.80 bits per heavy atom. The van der Waals surface area contributed by atoms with Gasteiger partial charge < -0.3 is 9.47 Å². The lowest BCUT2D eigenvalue weighted by atomic mass is 10.3. The predicted octanol–water partition coefficient (Wildman–Crippen LogP) is 3.34. The molecule has 0 unspecified atom stereocenters. The lowest BCUT2D eigenvalue weighted by molar-refractivity contribution is 0.168. The van der Waals surface area contributed by atoms with E-state index in [4.69, 9.17) is 21.1 Å². The molecule has 0 fully saturated rings. The van der Waals surface area contributed by atoms with Crippen molar-refractivity contribution >= 4 is 34.2 Å². The third-order valence-electron chi connectivity index (χ3n) is 2.13. The third-order valence-corrected chi connectivity index (χ3v) is 3.19. The smallest absolute Gasteiger partial charge is 0.413 e. The first-order valence-electron chi connectivity index (χ1n) is 5.82. The zero-order chi connectivity index (χ0) is 14.4. The Morgan fingerprint density at radius 2 is 2.10 bits per heavy atom. The lowest BCUT2D eigenvalue weighted by Crippen LogP contribution is -2.12. The third kappa shape index (κ3) is 4.36. The molecule has 8 heteroatoms. The number of carbonyl (C=O) groups is 1. The van der Waals surface area contributed by atoms with Gasteiger partial charge >= 0.3 is 6.09 Å². The number of nitrogens with one attached hydrogen (secondary N) is 1. The van der Waals surface area contributed by atoms with Gasteiger partial charge in [0, 0.05) is 5.02 Å². The number of anilines is 1. The molecular weight excluding hydrogens is 302 g/mol. The fraction of sp³-hybridized carbons (Fsp3) is 0.250. The summed E-state index contributed by atoms with van der Waals surface area (Å²) in [5, 5.41) is 11.9. The maximum atomic E-state index is 11.2. The normalized spacial score (nSPS) is 10.1. The summed E-state index contributed by atoms with van der Waals surface area (Å²) in [5.41, 5.74) is 0. The van der Waals surface area contributed by atoms with E-state index < -0.39 is 6.09 Å². The number of halogens is 1. The number of hydrogen-bond acceptors (Lipinski definition) is 6. The molecule has 1 aromatic heterocycles. The van der Waals surface area contributed by atoms with E-state index in [-0.39, 0.29) is 6.61 Å². The highest BCUT2D eigenvalue weighted by Crippen LogP contribution is 2.19. The Bertz CT molecular complexity index is 574. The van der Waals surface area contributed by atoms with Crippen LogP contribution in [0.4, 0.5) is 9.93 Å². The molecule has 1 amide bonds. The summed E-state index contributed by atoms with van der Waals surface area (Å²) >= 11 is 7.00. The molecule has 0 spiro atoms. The Hall–Kier alpha value is -1.86. The predicted molar refractivity (Wildman–Crippen MR) is 76.3 cm³/mol. The second-order valence-corrected chi connectivity index (χ2v) is 5.09. The van der Waals surface area contributed by atoms with Crippen molar-refractivity contribution in [3.8, 4) is 5.75 Å². The van der Waals surface area contributed by atoms with E-state index in [1.165, 1.54) is 11.3 Å². The van der Waals surface area contributed by atoms with Crippen LogP contribution in [-0.2, 0) is 11.3 Å². The highest BCUT2D eigenvalue weighted by molar-refractivity contribution is 7.15. The van der Waals surface area contributed by atoms with Crippen LogP contribution in [0.1, 0.15) is 11.9 Å². The standard InChI is InChI=1S/C12H12ClN3O3S/c1-2-18-12(17)14-11-16-15-10(20-11)7-19-9-5-3-8(13)4-6-9/h3-6H,2,7H2,1H3,(H,14,16,17). The molecule has 0 saturated carbocycles. The first kappa shape index (κ1) is 14.5. The first-order valence-corrected chi connectivity index (χ1v) is 7.01. The van der Waals surface area contributed by atoms with Gasteiger partial charge in [0.1, 0.15) is 12.4 Å². The molecule has 2 rings (SSSR count). The Labute approximate surface area is 124 Å². The van der Waals surface area contributed by atoms with Gasteiger partial charge in [-0.15, -0.1) is 10.2 Å². The average Bonchev–Trinajstić information content (AvgIpc) is 2.86. The van der Waals surface area contributed by atoms with Crippen LogP contribution >= 0.6 is 22.9 Å². The van der Waals surface area contributed by atoms with Crippen LogP contribution in [0.15, 0.2) is 24.3 Å². The molecule has 0 radical (unpaired) electrons. The van der Waals surface area contributed by atoms with Crippen LogP contribution in [-0.4, -0.2) is 22.9 Å². The fourth-order valence-corrected chi connectivity index (χ4v) is 2.06. The lowest BCUT2D eigenvalue weighted by Gasteiger charge is -2.02. The van der Waals surface area contributed by atoms with Crippen LogP contribution in [0.5, 0.6) is 5.75 Å². The van der Waals surface area contributed by atoms with Gasteiger partial charge in [0.15, 0.2) is 5.01 Å². The molecule has 2 aromatic rings. The van der Waals surface area contributed by atoms with Gasteiger partial charge in [-0.25, -0.2) is 4.79 Å². The molecule has 1 aromatic carbocycles. The van der Waals surface area contributed by atoms with Crippen LogP contribution in [0.2, 0.25) is 5.02 Å². The van der Waals surface area contributed by atoms with E-state index in [0.29, 0.717) is 27.5 Å². The summed E-state index contributed by atoms with van der Waals surface area (Å²) in [4.78, 5) is 11.2. The number of hydrogen-bond donors (Lipinski definition) is 1. The van der Waals surface area contributed by atoms with Gasteiger partial charge in [-0.05, 0) is 31.2 Å². The highest BCUT2D eigenvalue weighted by Gasteiger charge is 2.08. The van der Waals surface area contributed by atoms with Gasteiger partial charge in [0.25, 0.3) is 0 Å². The maximum absolute atomic E-state index is 11.2. The minimum Gasteiger partial charge on any atom is -0.486 e. The quantitative estimate of drug-likeness (QED) is 0.916. The Morgan fingerprint density at radius 1 is 1.35 bits per heavy atom. The summed E-state index contributed by atoms with van der Waals surface area (Å²) in [6, 6.07) is 7.01. The van der Waals surface area contributed by atoms with Gasteiger partial charge in [0.2, 0.25) is 5.13 Å². The SMILES string of the molecule is CCOC(=O)Nc1nnc(COc2ccc(Cl)cc2)s1. The van der Waals surface area contributed by atoms with Crippen molar-refractivity contribution in [2.24, 2.45) is 0 Å². The molecule has 6 nitrogen and oxygen atoms in total. The molecule has 0 aliphatic carbocycles. The summed E-state index contributed by atoms with van der Waals surface area (Å²) < 4.78 is 10.3. The van der Waals surface area contributed by atoms with Crippen LogP contribution in [0.25, 0.3) is 0 Å². The van der Waals surface area contributed by atoms with Crippen molar-refractivity contribution < 1.29 is 14.3 Å². The molecule has 0 bridgehead atoms. The Kier molecular flexibility index (Phi) is 5.14. The van der Waals surface area contributed by atoms with Crippen molar-refractivity contribution in [2.45, 2.75) is 13.5 Å². The first-order chi connectivity index (χ1) is 9.67. The van der Waals surface area contributed by atoms with E-state index in [9.17, 15) is 4.79 Å². The van der Waals surface area contributed by atoms with Crippen molar-refractivity contribution in [1.82, 2.24) is 10.2 Å². The second kappa shape index (κ2) is 7.06. The van der Waals surface area contributed by atoms with Crippen molar-refractivity contribution in [3.63, 3.8) is 0 Å². The average molecular weight is 314 g/mol. The number of carbonyl (C=O) groups excluding carboxylic acids is 1. The number of ether oxygens (including phenoxy) is 2. The van der Waals surface area contributed by atoms with Gasteiger partial charge in [-0.2, -0.15) is 0 Å². The molecule has 0 saturated heterocycles. The van der Waals surface area contributed by atoms with E-state index in [2.05, 4.69) is 15.5 Å². The fourth-order valence-electron chi connectivity index (χ4n) is 1.29. The molecule has 20 heavy (non-hydrogen) atoms. The number of aromatic nitrogens is 2. The van der Waals surface area contributed by atoms with Crippen molar-refractivity contribution in [1.29, 1.82) is 0 Å². The summed E-state index contributed by atoms with van der Waals surface area (Å²) in [6.45, 7) is 2.30. The van der Waals surface area contributed by atoms with Crippen LogP contribution in [0, 0.1) is 0 Å². The number of nitrogens with zero attached hydrogens (tertiary/aromatic N) is 2. The maximum Gasteiger partial charge on any atom is 0.413 e. The molecule has 1 N–H and O–H groups in total. The van der Waals surface area contributed by atoms with E-state index in [1.54, 1.807) is 31.2 Å². The molecule has 0 aliphatic heterocycles. The van der Waals surface area contributed by atoms with Gasteiger partial charge in [-0.1, -0.05) is 22.9 Å². The molecule has 106 valence electrons. The summed E-state index contributed by atoms with van der Waals surface area (Å²) in [5.74, 6) is 0.685. The highest BCUT2D eigenvalue weighted by atomic mass is 35.5. The topological polar surface area (TPSA) is 73.3 Å². The van der Waals surface area contributed by atoms with Crippen molar-refractivity contribution in [2.75, 3.05) is 11.9 Å². The second-order valence-electron chi connectivity index (χ2n) is 3.59. The monoisotopic (exact) mass is 313 g/mol. The van der Waals surface area contributed by atoms with Crippen LogP contribution < -0.4 is 10.1 Å². The van der Waals surface area contributed by atoms with E-state index >= 15 is 0 Å². The summed E-state index contributed by atoms with van der Waals surface area (Å²) in [7, 11) is 0. The molecular formula is C12H12ClN3O3S.